The van der Waals surface area contributed by atoms with E-state index in [1.54, 1.807) is 35.8 Å². The molecule has 1 aromatic heterocycles. The molecule has 3 aromatic rings. The predicted octanol–water partition coefficient (Wildman–Crippen LogP) is 3.55. The summed E-state index contributed by atoms with van der Waals surface area (Å²) in [5, 5.41) is 1.23. The molecule has 2 heterocycles. The molecule has 2 aromatic carbocycles. The maximum absolute atomic E-state index is 12.3. The summed E-state index contributed by atoms with van der Waals surface area (Å²) >= 11 is 4.87. The van der Waals surface area contributed by atoms with Crippen molar-refractivity contribution in [3.63, 3.8) is 0 Å². The normalized spacial score (nSPS) is 15.8. The Morgan fingerprint density at radius 2 is 1.76 bits per heavy atom. The molecule has 0 atom stereocenters. The van der Waals surface area contributed by atoms with Crippen molar-refractivity contribution in [3.05, 3.63) is 53.0 Å². The highest BCUT2D eigenvalue weighted by Gasteiger charge is 2.20. The standard InChI is InChI=1S/C20H23BrN4O2S2/c21-16-6-8-17(9-7-16)29(26,27)22-10-3-11-24-12-14-25(15-13-24)20-18-4-1-2-5-19(18)28-23-20/h1-2,4-9,22H,3,10-15H2. The maximum Gasteiger partial charge on any atom is 0.240 e. The first-order valence-corrected chi connectivity index (χ1v) is 12.6. The van der Waals surface area contributed by atoms with E-state index in [4.69, 9.17) is 0 Å². The largest absolute Gasteiger partial charge is 0.353 e. The molecule has 0 unspecified atom stereocenters. The summed E-state index contributed by atoms with van der Waals surface area (Å²) in [6.07, 6.45) is 0.787. The van der Waals surface area contributed by atoms with Crippen LogP contribution >= 0.6 is 27.5 Å². The van der Waals surface area contributed by atoms with E-state index in [2.05, 4.69) is 53.0 Å². The zero-order valence-electron chi connectivity index (χ0n) is 15.9. The number of piperazine rings is 1. The molecule has 1 aliphatic rings. The van der Waals surface area contributed by atoms with Gasteiger partial charge in [0.25, 0.3) is 0 Å². The maximum atomic E-state index is 12.3. The molecule has 0 bridgehead atoms. The average molecular weight is 495 g/mol. The Hall–Kier alpha value is -1.52. The molecule has 1 saturated heterocycles. The number of sulfonamides is 1. The van der Waals surface area contributed by atoms with Gasteiger partial charge in [-0.3, -0.25) is 4.90 Å². The fraction of sp³-hybridized carbons (Fsp3) is 0.350. The van der Waals surface area contributed by atoms with Gasteiger partial charge >= 0.3 is 0 Å². The monoisotopic (exact) mass is 494 g/mol. The minimum atomic E-state index is -3.44. The lowest BCUT2D eigenvalue weighted by Crippen LogP contribution is -2.47. The van der Waals surface area contributed by atoms with Gasteiger partial charge in [0.2, 0.25) is 10.0 Å². The van der Waals surface area contributed by atoms with Crippen molar-refractivity contribution >= 4 is 53.4 Å². The van der Waals surface area contributed by atoms with E-state index in [9.17, 15) is 8.42 Å². The van der Waals surface area contributed by atoms with E-state index in [-0.39, 0.29) is 0 Å². The molecule has 29 heavy (non-hydrogen) atoms. The van der Waals surface area contributed by atoms with Crippen molar-refractivity contribution in [2.75, 3.05) is 44.2 Å². The molecule has 0 spiro atoms. The Balaban J connectivity index is 1.23. The van der Waals surface area contributed by atoms with Gasteiger partial charge in [-0.1, -0.05) is 28.1 Å². The topological polar surface area (TPSA) is 65.5 Å². The molecule has 1 fully saturated rings. The Morgan fingerprint density at radius 1 is 1.03 bits per heavy atom. The van der Waals surface area contributed by atoms with Crippen LogP contribution in [0.25, 0.3) is 10.1 Å². The molecule has 0 radical (unpaired) electrons. The Labute approximate surface area is 183 Å². The second kappa shape index (κ2) is 9.09. The summed E-state index contributed by atoms with van der Waals surface area (Å²) < 4.78 is 34.1. The second-order valence-corrected chi connectivity index (χ2v) is 10.5. The summed E-state index contributed by atoms with van der Waals surface area (Å²) in [6.45, 7) is 5.14. The smallest absolute Gasteiger partial charge is 0.240 e. The molecule has 4 rings (SSSR count). The number of nitrogens with zero attached hydrogens (tertiary/aromatic N) is 3. The number of halogens is 1. The van der Waals surface area contributed by atoms with E-state index < -0.39 is 10.0 Å². The van der Waals surface area contributed by atoms with Gasteiger partial charge in [0.1, 0.15) is 5.82 Å². The Kier molecular flexibility index (Phi) is 6.50. The summed E-state index contributed by atoms with van der Waals surface area (Å²) in [7, 11) is -3.44. The quantitative estimate of drug-likeness (QED) is 0.508. The van der Waals surface area contributed by atoms with E-state index in [0.29, 0.717) is 11.4 Å². The van der Waals surface area contributed by atoms with Gasteiger partial charge in [0.05, 0.1) is 9.60 Å². The number of hydrogen-bond donors (Lipinski definition) is 1. The van der Waals surface area contributed by atoms with Crippen LogP contribution in [0.15, 0.2) is 57.9 Å². The van der Waals surface area contributed by atoms with Gasteiger partial charge in [-0.25, -0.2) is 13.1 Å². The lowest BCUT2D eigenvalue weighted by molar-refractivity contribution is 0.255. The van der Waals surface area contributed by atoms with Crippen LogP contribution in [0.4, 0.5) is 5.82 Å². The van der Waals surface area contributed by atoms with Gasteiger partial charge in [-0.05, 0) is 60.9 Å². The van der Waals surface area contributed by atoms with Crippen LogP contribution in [0.1, 0.15) is 6.42 Å². The first-order chi connectivity index (χ1) is 14.0. The summed E-state index contributed by atoms with van der Waals surface area (Å²) in [6, 6.07) is 15.0. The number of benzene rings is 2. The van der Waals surface area contributed by atoms with Crippen LogP contribution in [0.5, 0.6) is 0 Å². The third kappa shape index (κ3) is 4.97. The van der Waals surface area contributed by atoms with E-state index in [1.165, 1.54) is 10.1 Å². The summed E-state index contributed by atoms with van der Waals surface area (Å²) in [4.78, 5) is 5.04. The molecular formula is C20H23BrN4O2S2. The highest BCUT2D eigenvalue weighted by molar-refractivity contribution is 9.10. The zero-order valence-corrected chi connectivity index (χ0v) is 19.1. The molecule has 0 aliphatic carbocycles. The van der Waals surface area contributed by atoms with Crippen LogP contribution in [0.2, 0.25) is 0 Å². The second-order valence-electron chi connectivity index (χ2n) is 7.04. The number of anilines is 1. The molecule has 9 heteroatoms. The van der Waals surface area contributed by atoms with Crippen LogP contribution in [0, 0.1) is 0 Å². The van der Waals surface area contributed by atoms with Crippen molar-refractivity contribution in [1.82, 2.24) is 14.0 Å². The van der Waals surface area contributed by atoms with Gasteiger partial charge in [0.15, 0.2) is 0 Å². The van der Waals surface area contributed by atoms with Crippen LogP contribution < -0.4 is 9.62 Å². The highest BCUT2D eigenvalue weighted by atomic mass is 79.9. The summed E-state index contributed by atoms with van der Waals surface area (Å²) in [5.74, 6) is 1.09. The van der Waals surface area contributed by atoms with Crippen molar-refractivity contribution in [2.24, 2.45) is 0 Å². The predicted molar refractivity (Wildman–Crippen MR) is 122 cm³/mol. The lowest BCUT2D eigenvalue weighted by atomic mass is 10.2. The number of hydrogen-bond acceptors (Lipinski definition) is 6. The van der Waals surface area contributed by atoms with Gasteiger partial charge in [-0.2, -0.15) is 4.37 Å². The van der Waals surface area contributed by atoms with Crippen molar-refractivity contribution in [1.29, 1.82) is 0 Å². The minimum absolute atomic E-state index is 0.296. The number of aromatic nitrogens is 1. The fourth-order valence-electron chi connectivity index (χ4n) is 3.49. The number of rotatable bonds is 7. The minimum Gasteiger partial charge on any atom is -0.353 e. The van der Waals surface area contributed by atoms with E-state index >= 15 is 0 Å². The summed E-state index contributed by atoms with van der Waals surface area (Å²) in [5.41, 5.74) is 0. The lowest BCUT2D eigenvalue weighted by Gasteiger charge is -2.35. The third-order valence-electron chi connectivity index (χ3n) is 5.10. The molecule has 154 valence electrons. The van der Waals surface area contributed by atoms with Crippen molar-refractivity contribution < 1.29 is 8.42 Å². The van der Waals surface area contributed by atoms with Gasteiger partial charge in [0, 0.05) is 42.6 Å². The number of nitrogens with one attached hydrogen (secondary N) is 1. The van der Waals surface area contributed by atoms with Gasteiger partial charge < -0.3 is 4.90 Å². The first kappa shape index (κ1) is 20.7. The number of fused-ring (bicyclic) bond motifs is 1. The highest BCUT2D eigenvalue weighted by Crippen LogP contribution is 2.29. The third-order valence-corrected chi connectivity index (χ3v) is 7.92. The fourth-order valence-corrected chi connectivity index (χ4v) is 5.62. The zero-order chi connectivity index (χ0) is 20.3. The SMILES string of the molecule is O=S(=O)(NCCCN1CCN(c2nsc3ccccc23)CC1)c1ccc(Br)cc1. The molecular weight excluding hydrogens is 472 g/mol. The van der Waals surface area contributed by atoms with Crippen molar-refractivity contribution in [3.8, 4) is 0 Å². The molecule has 1 aliphatic heterocycles. The van der Waals surface area contributed by atoms with Crippen LogP contribution in [-0.2, 0) is 10.0 Å². The first-order valence-electron chi connectivity index (χ1n) is 9.60. The Bertz CT molecular complexity index is 1060. The van der Waals surface area contributed by atoms with Crippen LogP contribution in [0.3, 0.4) is 0 Å². The molecule has 0 saturated carbocycles. The molecule has 1 N–H and O–H groups in total. The van der Waals surface area contributed by atoms with Gasteiger partial charge in [-0.15, -0.1) is 0 Å². The van der Waals surface area contributed by atoms with Crippen molar-refractivity contribution in [2.45, 2.75) is 11.3 Å². The Morgan fingerprint density at radius 3 is 2.52 bits per heavy atom. The molecule has 0 amide bonds. The van der Waals surface area contributed by atoms with Crippen LogP contribution in [-0.4, -0.2) is 57.0 Å². The molecule has 6 nitrogen and oxygen atoms in total. The van der Waals surface area contributed by atoms with E-state index in [0.717, 1.165) is 49.4 Å². The van der Waals surface area contributed by atoms with E-state index in [1.807, 2.05) is 6.07 Å². The average Bonchev–Trinajstić information content (AvgIpc) is 3.16.